The van der Waals surface area contributed by atoms with Gasteiger partial charge in [-0.15, -0.1) is 0 Å². The molecule has 1 unspecified atom stereocenters. The summed E-state index contributed by atoms with van der Waals surface area (Å²) in [6.07, 6.45) is -0.296. The minimum absolute atomic E-state index is 0.438. The molecule has 1 aromatic rings. The number of hydrogen-bond donors (Lipinski definition) is 3. The number of anilines is 2. The van der Waals surface area contributed by atoms with Crippen molar-refractivity contribution in [1.82, 2.24) is 0 Å². The van der Waals surface area contributed by atoms with E-state index in [0.717, 1.165) is 0 Å². The van der Waals surface area contributed by atoms with Gasteiger partial charge in [0, 0.05) is 12.1 Å². The first kappa shape index (κ1) is 9.67. The van der Waals surface area contributed by atoms with Gasteiger partial charge in [-0.1, -0.05) is 6.92 Å². The average molecular weight is 182 g/mol. The lowest BCUT2D eigenvalue weighted by Crippen LogP contribution is -2.14. The Morgan fingerprint density at radius 1 is 1.46 bits per heavy atom. The van der Waals surface area contributed by atoms with Gasteiger partial charge in [0.15, 0.2) is 6.29 Å². The van der Waals surface area contributed by atoms with Crippen molar-refractivity contribution in [2.45, 2.75) is 19.6 Å². The molecule has 0 fully saturated rings. The fourth-order valence-electron chi connectivity index (χ4n) is 0.904. The van der Waals surface area contributed by atoms with Crippen molar-refractivity contribution in [3.63, 3.8) is 0 Å². The maximum Gasteiger partial charge on any atom is 0.197 e. The second-order valence-electron chi connectivity index (χ2n) is 2.78. The molecule has 0 heterocycles. The van der Waals surface area contributed by atoms with Gasteiger partial charge in [-0.3, -0.25) is 0 Å². The third kappa shape index (κ3) is 2.52. The lowest BCUT2D eigenvalue weighted by molar-refractivity contribution is -0.0185. The number of nitrogens with two attached hydrogens (primary N) is 2. The fraction of sp³-hybridized carbons (Fsp3) is 0.333. The van der Waals surface area contributed by atoms with Gasteiger partial charge in [-0.2, -0.15) is 0 Å². The Morgan fingerprint density at radius 2 is 2.15 bits per heavy atom. The van der Waals surface area contributed by atoms with Crippen LogP contribution in [0.4, 0.5) is 11.4 Å². The van der Waals surface area contributed by atoms with Gasteiger partial charge in [-0.05, 0) is 18.2 Å². The molecule has 0 radical (unpaired) electrons. The van der Waals surface area contributed by atoms with E-state index >= 15 is 0 Å². The molecular formula is C9H14N2O2. The van der Waals surface area contributed by atoms with Gasteiger partial charge in [0.2, 0.25) is 0 Å². The molecule has 1 rings (SSSR count). The molecule has 13 heavy (non-hydrogen) atoms. The number of aliphatic hydroxyl groups excluding tert-OH is 1. The van der Waals surface area contributed by atoms with E-state index in [1.54, 1.807) is 18.2 Å². The van der Waals surface area contributed by atoms with Crippen molar-refractivity contribution in [1.29, 1.82) is 0 Å². The smallest absolute Gasteiger partial charge is 0.197 e. The molecule has 0 bridgehead atoms. The zero-order valence-electron chi connectivity index (χ0n) is 7.53. The Hall–Kier alpha value is -1.42. The van der Waals surface area contributed by atoms with Crippen molar-refractivity contribution in [2.75, 3.05) is 11.5 Å². The van der Waals surface area contributed by atoms with E-state index in [-0.39, 0.29) is 0 Å². The molecule has 0 aliphatic heterocycles. The molecule has 0 saturated heterocycles. The summed E-state index contributed by atoms with van der Waals surface area (Å²) in [5.41, 5.74) is 12.1. The van der Waals surface area contributed by atoms with Gasteiger partial charge in [0.25, 0.3) is 0 Å². The van der Waals surface area contributed by atoms with Crippen LogP contribution in [-0.2, 0) is 0 Å². The summed E-state index contributed by atoms with van der Waals surface area (Å²) in [6.45, 7) is 1.82. The summed E-state index contributed by atoms with van der Waals surface area (Å²) < 4.78 is 5.12. The Labute approximate surface area is 77.1 Å². The highest BCUT2D eigenvalue weighted by molar-refractivity contribution is 5.60. The molecule has 5 N–H and O–H groups in total. The van der Waals surface area contributed by atoms with Gasteiger partial charge < -0.3 is 21.3 Å². The molecule has 4 heteroatoms. The van der Waals surface area contributed by atoms with E-state index < -0.39 is 6.29 Å². The van der Waals surface area contributed by atoms with Crippen LogP contribution in [-0.4, -0.2) is 11.4 Å². The molecule has 0 aromatic heterocycles. The van der Waals surface area contributed by atoms with Gasteiger partial charge in [0.1, 0.15) is 5.75 Å². The number of aliphatic hydroxyl groups is 1. The Kier molecular flexibility index (Phi) is 2.97. The molecular weight excluding hydrogens is 168 g/mol. The van der Waals surface area contributed by atoms with E-state index in [0.29, 0.717) is 23.5 Å². The number of hydrogen-bond acceptors (Lipinski definition) is 4. The maximum atomic E-state index is 9.20. The molecule has 4 nitrogen and oxygen atoms in total. The van der Waals surface area contributed by atoms with Gasteiger partial charge in [-0.25, -0.2) is 0 Å². The summed E-state index contributed by atoms with van der Waals surface area (Å²) in [6, 6.07) is 4.91. The van der Waals surface area contributed by atoms with E-state index in [9.17, 15) is 5.11 Å². The third-order valence-corrected chi connectivity index (χ3v) is 1.65. The molecule has 1 aromatic carbocycles. The summed E-state index contributed by atoms with van der Waals surface area (Å²) in [5.74, 6) is 0.462. The largest absolute Gasteiger partial charge is 0.463 e. The first-order valence-corrected chi connectivity index (χ1v) is 4.13. The first-order valence-electron chi connectivity index (χ1n) is 4.13. The summed E-state index contributed by atoms with van der Waals surface area (Å²) >= 11 is 0. The molecule has 0 aliphatic carbocycles. The molecule has 0 saturated carbocycles. The molecule has 72 valence electrons. The van der Waals surface area contributed by atoms with Crippen LogP contribution in [0.25, 0.3) is 0 Å². The van der Waals surface area contributed by atoms with Crippen molar-refractivity contribution in [3.8, 4) is 5.75 Å². The minimum atomic E-state index is -0.814. The third-order valence-electron chi connectivity index (χ3n) is 1.65. The average Bonchev–Trinajstić information content (AvgIpc) is 2.09. The number of ether oxygens (including phenoxy) is 1. The topological polar surface area (TPSA) is 81.5 Å². The summed E-state index contributed by atoms with van der Waals surface area (Å²) in [5, 5.41) is 9.20. The summed E-state index contributed by atoms with van der Waals surface area (Å²) in [7, 11) is 0. The zero-order chi connectivity index (χ0) is 9.84. The Bertz CT molecular complexity index is 289. The van der Waals surface area contributed by atoms with Crippen LogP contribution in [0, 0.1) is 0 Å². The fourth-order valence-corrected chi connectivity index (χ4v) is 0.904. The van der Waals surface area contributed by atoms with Crippen molar-refractivity contribution < 1.29 is 9.84 Å². The van der Waals surface area contributed by atoms with E-state index in [1.165, 1.54) is 0 Å². The minimum Gasteiger partial charge on any atom is -0.463 e. The van der Waals surface area contributed by atoms with E-state index in [1.807, 2.05) is 6.92 Å². The van der Waals surface area contributed by atoms with E-state index in [2.05, 4.69) is 0 Å². The molecule has 0 amide bonds. The van der Waals surface area contributed by atoms with Crippen LogP contribution in [0.2, 0.25) is 0 Å². The highest BCUT2D eigenvalue weighted by Crippen LogP contribution is 2.24. The monoisotopic (exact) mass is 182 g/mol. The highest BCUT2D eigenvalue weighted by Gasteiger charge is 2.05. The highest BCUT2D eigenvalue weighted by atomic mass is 16.6. The number of nitrogen functional groups attached to an aromatic ring is 2. The molecule has 0 aliphatic rings. The normalized spacial score (nSPS) is 12.5. The Balaban J connectivity index is 2.77. The number of rotatable bonds is 3. The molecule has 1 atom stereocenters. The van der Waals surface area contributed by atoms with Crippen LogP contribution in [0.5, 0.6) is 5.75 Å². The van der Waals surface area contributed by atoms with Crippen LogP contribution in [0.1, 0.15) is 13.3 Å². The second kappa shape index (κ2) is 4.00. The zero-order valence-corrected chi connectivity index (χ0v) is 7.53. The van der Waals surface area contributed by atoms with Crippen LogP contribution < -0.4 is 16.2 Å². The maximum absolute atomic E-state index is 9.20. The van der Waals surface area contributed by atoms with E-state index in [4.69, 9.17) is 16.2 Å². The van der Waals surface area contributed by atoms with Crippen molar-refractivity contribution in [3.05, 3.63) is 18.2 Å². The van der Waals surface area contributed by atoms with Gasteiger partial charge in [0.05, 0.1) is 5.69 Å². The first-order chi connectivity index (χ1) is 6.13. The SMILES string of the molecule is CCC(O)Oc1ccc(N)cc1N. The van der Waals surface area contributed by atoms with Crippen LogP contribution >= 0.6 is 0 Å². The predicted octanol–water partition coefficient (Wildman–Crippen LogP) is 0.958. The quantitative estimate of drug-likeness (QED) is 0.480. The second-order valence-corrected chi connectivity index (χ2v) is 2.78. The van der Waals surface area contributed by atoms with Crippen molar-refractivity contribution in [2.24, 2.45) is 0 Å². The van der Waals surface area contributed by atoms with Crippen LogP contribution in [0.15, 0.2) is 18.2 Å². The predicted molar refractivity (Wildman–Crippen MR) is 52.2 cm³/mol. The summed E-state index contributed by atoms with van der Waals surface area (Å²) in [4.78, 5) is 0. The lowest BCUT2D eigenvalue weighted by atomic mass is 10.2. The van der Waals surface area contributed by atoms with Crippen molar-refractivity contribution >= 4 is 11.4 Å². The lowest BCUT2D eigenvalue weighted by Gasteiger charge is -2.13. The Morgan fingerprint density at radius 3 is 2.69 bits per heavy atom. The number of benzene rings is 1. The standard InChI is InChI=1S/C9H14N2O2/c1-2-9(12)13-8-4-3-6(10)5-7(8)11/h3-5,9,12H,2,10-11H2,1H3. The van der Waals surface area contributed by atoms with Gasteiger partial charge >= 0.3 is 0 Å². The van der Waals surface area contributed by atoms with Crippen LogP contribution in [0.3, 0.4) is 0 Å². The molecule has 0 spiro atoms.